The monoisotopic (exact) mass is 288 g/mol. The van der Waals surface area contributed by atoms with Crippen molar-refractivity contribution in [3.05, 3.63) is 0 Å². The topological polar surface area (TPSA) is 40.5 Å². The quantitative estimate of drug-likeness (QED) is 0.417. The van der Waals surface area contributed by atoms with Gasteiger partial charge in [-0.1, -0.05) is 90.9 Å². The van der Waals surface area contributed by atoms with E-state index in [1.54, 1.807) is 0 Å². The van der Waals surface area contributed by atoms with E-state index in [0.29, 0.717) is 13.2 Å². The van der Waals surface area contributed by atoms with Crippen LogP contribution in [-0.2, 0) is 0 Å². The Bertz CT molecular complexity index is 123. The van der Waals surface area contributed by atoms with Crippen molar-refractivity contribution in [2.24, 2.45) is 0 Å². The zero-order valence-electron chi connectivity index (χ0n) is 14.2. The van der Waals surface area contributed by atoms with Crippen molar-refractivity contribution in [1.82, 2.24) is 0 Å². The summed E-state index contributed by atoms with van der Waals surface area (Å²) in [7, 11) is 0. The Morgan fingerprint density at radius 2 is 0.650 bits per heavy atom. The lowest BCUT2D eigenvalue weighted by Gasteiger charge is -1.98. The summed E-state index contributed by atoms with van der Waals surface area (Å²) >= 11 is 0. The van der Waals surface area contributed by atoms with Crippen LogP contribution in [0.25, 0.3) is 0 Å². The molecule has 0 aliphatic rings. The lowest BCUT2D eigenvalue weighted by molar-refractivity contribution is 0.282. The lowest BCUT2D eigenvalue weighted by atomic mass is 10.1. The van der Waals surface area contributed by atoms with E-state index in [4.69, 9.17) is 10.2 Å². The molecule has 0 aliphatic carbocycles. The van der Waals surface area contributed by atoms with Gasteiger partial charge in [0, 0.05) is 13.2 Å². The van der Waals surface area contributed by atoms with Gasteiger partial charge < -0.3 is 10.2 Å². The van der Waals surface area contributed by atoms with Crippen molar-refractivity contribution >= 4 is 0 Å². The summed E-state index contributed by atoms with van der Waals surface area (Å²) in [6.45, 7) is 5.19. The third kappa shape index (κ3) is 26.5. The Morgan fingerprint density at radius 3 is 0.900 bits per heavy atom. The maximum absolute atomic E-state index is 8.51. The lowest BCUT2D eigenvalue weighted by Crippen LogP contribution is -1.83. The summed E-state index contributed by atoms with van der Waals surface area (Å²) < 4.78 is 0. The molecule has 124 valence electrons. The molecule has 0 amide bonds. The van der Waals surface area contributed by atoms with Crippen LogP contribution in [0.5, 0.6) is 0 Å². The third-order valence-electron chi connectivity index (χ3n) is 3.52. The Kier molecular flexibility index (Phi) is 26.6. The van der Waals surface area contributed by atoms with Crippen molar-refractivity contribution in [1.29, 1.82) is 0 Å². The number of hydrogen-bond acceptors (Lipinski definition) is 2. The first-order valence-corrected chi connectivity index (χ1v) is 9.05. The molecule has 0 bridgehead atoms. The number of rotatable bonds is 14. The van der Waals surface area contributed by atoms with Gasteiger partial charge in [-0.3, -0.25) is 0 Å². The van der Waals surface area contributed by atoms with Gasteiger partial charge in [-0.25, -0.2) is 0 Å². The van der Waals surface area contributed by atoms with Gasteiger partial charge in [-0.15, -0.1) is 0 Å². The van der Waals surface area contributed by atoms with E-state index in [1.807, 2.05) is 0 Å². The standard InChI is InChI=1S/C10H22O.C8H18O/c1-2-3-4-5-6-7-8-9-10-11;1-2-3-4-5-6-7-8-9/h11H,2-10H2,1H3;9H,2-8H2,1H3. The second-order valence-electron chi connectivity index (χ2n) is 5.69. The molecule has 0 aliphatic heterocycles. The second kappa shape index (κ2) is 24.0. The fourth-order valence-corrected chi connectivity index (χ4v) is 2.14. The molecule has 0 radical (unpaired) electrons. The number of aliphatic hydroxyl groups excluding tert-OH is 2. The fraction of sp³-hybridized carbons (Fsp3) is 1.00. The van der Waals surface area contributed by atoms with Gasteiger partial charge in [0.2, 0.25) is 0 Å². The number of aliphatic hydroxyl groups is 2. The highest BCUT2D eigenvalue weighted by molar-refractivity contribution is 4.44. The maximum Gasteiger partial charge on any atom is 0.0431 e. The molecule has 2 nitrogen and oxygen atoms in total. The molecular formula is C18H40O2. The zero-order chi connectivity index (χ0) is 15.3. The minimum absolute atomic E-state index is 0.367. The van der Waals surface area contributed by atoms with Crippen LogP contribution in [0.1, 0.15) is 104 Å². The van der Waals surface area contributed by atoms with Crippen molar-refractivity contribution in [3.63, 3.8) is 0 Å². The molecule has 20 heavy (non-hydrogen) atoms. The molecule has 2 heteroatoms. The van der Waals surface area contributed by atoms with Gasteiger partial charge in [-0.2, -0.15) is 0 Å². The van der Waals surface area contributed by atoms with Crippen LogP contribution < -0.4 is 0 Å². The molecule has 0 heterocycles. The minimum Gasteiger partial charge on any atom is -0.396 e. The first-order valence-electron chi connectivity index (χ1n) is 9.05. The van der Waals surface area contributed by atoms with Crippen molar-refractivity contribution in [3.8, 4) is 0 Å². The molecule has 0 fully saturated rings. The Morgan fingerprint density at radius 1 is 0.400 bits per heavy atom. The average Bonchev–Trinajstić information content (AvgIpc) is 2.47. The summed E-state index contributed by atoms with van der Waals surface area (Å²) in [5, 5.41) is 16.9. The molecule has 0 saturated heterocycles. The predicted molar refractivity (Wildman–Crippen MR) is 90.2 cm³/mol. The summed E-state index contributed by atoms with van der Waals surface area (Å²) in [6.07, 6.45) is 17.9. The molecule has 2 N–H and O–H groups in total. The molecule has 0 rings (SSSR count). The first kappa shape index (κ1) is 22.2. The van der Waals surface area contributed by atoms with Gasteiger partial charge in [-0.05, 0) is 12.8 Å². The van der Waals surface area contributed by atoms with Gasteiger partial charge in [0.1, 0.15) is 0 Å². The van der Waals surface area contributed by atoms with Crippen LogP contribution in [0.4, 0.5) is 0 Å². The summed E-state index contributed by atoms with van der Waals surface area (Å²) in [5.41, 5.74) is 0. The molecule has 0 aromatic rings. The summed E-state index contributed by atoms with van der Waals surface area (Å²) in [6, 6.07) is 0. The van der Waals surface area contributed by atoms with E-state index in [9.17, 15) is 0 Å². The van der Waals surface area contributed by atoms with Crippen LogP contribution in [-0.4, -0.2) is 23.4 Å². The van der Waals surface area contributed by atoms with E-state index in [2.05, 4.69) is 13.8 Å². The van der Waals surface area contributed by atoms with Crippen LogP contribution in [0, 0.1) is 0 Å². The maximum atomic E-state index is 8.51. The first-order chi connectivity index (χ1) is 9.83. The van der Waals surface area contributed by atoms with Crippen molar-refractivity contribution < 1.29 is 10.2 Å². The molecule has 0 unspecified atom stereocenters. The molecule has 0 spiro atoms. The minimum atomic E-state index is 0.367. The highest BCUT2D eigenvalue weighted by Crippen LogP contribution is 2.07. The van der Waals surface area contributed by atoms with E-state index in [1.165, 1.54) is 77.0 Å². The second-order valence-corrected chi connectivity index (χ2v) is 5.69. The molecule has 0 atom stereocenters. The van der Waals surface area contributed by atoms with Gasteiger partial charge in [0.25, 0.3) is 0 Å². The number of unbranched alkanes of at least 4 members (excludes halogenated alkanes) is 12. The predicted octanol–water partition coefficient (Wildman–Crippen LogP) is 5.46. The normalized spacial score (nSPS) is 10.2. The van der Waals surface area contributed by atoms with Gasteiger partial charge in [0.15, 0.2) is 0 Å². The van der Waals surface area contributed by atoms with E-state index in [-0.39, 0.29) is 0 Å². The van der Waals surface area contributed by atoms with Crippen molar-refractivity contribution in [2.75, 3.05) is 13.2 Å². The SMILES string of the molecule is CCCCCCCCCCO.CCCCCCCCO. The number of hydrogen-bond donors (Lipinski definition) is 2. The largest absolute Gasteiger partial charge is 0.396 e. The Labute approximate surface area is 128 Å². The summed E-state index contributed by atoms with van der Waals surface area (Å²) in [5.74, 6) is 0. The van der Waals surface area contributed by atoms with E-state index >= 15 is 0 Å². The molecular weight excluding hydrogens is 248 g/mol. The molecule has 0 aromatic carbocycles. The smallest absolute Gasteiger partial charge is 0.0431 e. The average molecular weight is 289 g/mol. The van der Waals surface area contributed by atoms with Gasteiger partial charge >= 0.3 is 0 Å². The molecule has 0 saturated carbocycles. The van der Waals surface area contributed by atoms with Gasteiger partial charge in [0.05, 0.1) is 0 Å². The van der Waals surface area contributed by atoms with E-state index < -0.39 is 0 Å². The highest BCUT2D eigenvalue weighted by atomic mass is 16.3. The van der Waals surface area contributed by atoms with Crippen LogP contribution >= 0.6 is 0 Å². The highest BCUT2D eigenvalue weighted by Gasteiger charge is 1.89. The third-order valence-corrected chi connectivity index (χ3v) is 3.52. The summed E-state index contributed by atoms with van der Waals surface area (Å²) in [4.78, 5) is 0. The fourth-order valence-electron chi connectivity index (χ4n) is 2.14. The van der Waals surface area contributed by atoms with Crippen LogP contribution in [0.15, 0.2) is 0 Å². The molecule has 0 aromatic heterocycles. The van der Waals surface area contributed by atoms with Crippen LogP contribution in [0.3, 0.4) is 0 Å². The Balaban J connectivity index is 0. The Hall–Kier alpha value is -0.0800. The van der Waals surface area contributed by atoms with E-state index in [0.717, 1.165) is 12.8 Å². The van der Waals surface area contributed by atoms with Crippen molar-refractivity contribution in [2.45, 2.75) is 104 Å². The van der Waals surface area contributed by atoms with Crippen LogP contribution in [0.2, 0.25) is 0 Å². The zero-order valence-corrected chi connectivity index (χ0v) is 14.2.